The summed E-state index contributed by atoms with van der Waals surface area (Å²) in [6.07, 6.45) is 1.62. The molecule has 0 spiro atoms. The number of rotatable bonds is 5. The van der Waals surface area contributed by atoms with E-state index in [1.807, 2.05) is 0 Å². The monoisotopic (exact) mass is 270 g/mol. The third-order valence-corrected chi connectivity index (χ3v) is 3.30. The molecule has 0 atom stereocenters. The Morgan fingerprint density at radius 1 is 1.10 bits per heavy atom. The van der Waals surface area contributed by atoms with Crippen LogP contribution in [0.5, 0.6) is 0 Å². The topological polar surface area (TPSA) is 41.1 Å². The maximum absolute atomic E-state index is 4.41. The van der Waals surface area contributed by atoms with Crippen molar-refractivity contribution in [2.24, 2.45) is 0 Å². The van der Waals surface area contributed by atoms with Gasteiger partial charge in [0.15, 0.2) is 0 Å². The van der Waals surface area contributed by atoms with Gasteiger partial charge in [-0.15, -0.1) is 0 Å². The van der Waals surface area contributed by atoms with Crippen molar-refractivity contribution >= 4 is 11.6 Å². The summed E-state index contributed by atoms with van der Waals surface area (Å²) < 4.78 is 0. The number of nitrogens with one attached hydrogen (secondary N) is 1. The lowest BCUT2D eigenvalue weighted by molar-refractivity contribution is 0.881. The van der Waals surface area contributed by atoms with Gasteiger partial charge >= 0.3 is 0 Å². The summed E-state index contributed by atoms with van der Waals surface area (Å²) in [6, 6.07) is 8.60. The van der Waals surface area contributed by atoms with E-state index < -0.39 is 0 Å². The van der Waals surface area contributed by atoms with Crippen molar-refractivity contribution in [1.82, 2.24) is 9.97 Å². The van der Waals surface area contributed by atoms with Gasteiger partial charge in [-0.1, -0.05) is 29.8 Å². The minimum Gasteiger partial charge on any atom is -0.370 e. The fraction of sp³-hybridized carbons (Fsp3) is 0.375. The minimum absolute atomic E-state index is 0.837. The zero-order valence-electron chi connectivity index (χ0n) is 12.6. The molecule has 0 saturated carbocycles. The second-order valence-electron chi connectivity index (χ2n) is 5.04. The van der Waals surface area contributed by atoms with Crippen LogP contribution in [0.1, 0.15) is 23.6 Å². The summed E-state index contributed by atoms with van der Waals surface area (Å²) >= 11 is 0. The summed E-state index contributed by atoms with van der Waals surface area (Å²) in [7, 11) is 2.06. The molecular formula is C16H22N4. The van der Waals surface area contributed by atoms with Crippen LogP contribution in [0, 0.1) is 13.8 Å². The first-order chi connectivity index (χ1) is 9.61. The number of benzene rings is 1. The Kier molecular flexibility index (Phi) is 4.56. The van der Waals surface area contributed by atoms with Crippen LogP contribution in [-0.2, 0) is 6.54 Å². The molecule has 4 nitrogen and oxygen atoms in total. The predicted octanol–water partition coefficient (Wildman–Crippen LogP) is 3.16. The molecule has 106 valence electrons. The molecule has 20 heavy (non-hydrogen) atoms. The zero-order valence-corrected chi connectivity index (χ0v) is 12.6. The van der Waals surface area contributed by atoms with Crippen LogP contribution in [0.4, 0.5) is 11.6 Å². The van der Waals surface area contributed by atoms with Gasteiger partial charge in [-0.2, -0.15) is 0 Å². The molecule has 2 rings (SSSR count). The van der Waals surface area contributed by atoms with Crippen molar-refractivity contribution < 1.29 is 0 Å². The number of anilines is 2. The third-order valence-electron chi connectivity index (χ3n) is 3.30. The molecule has 0 amide bonds. The minimum atomic E-state index is 0.837. The number of hydrogen-bond acceptors (Lipinski definition) is 4. The van der Waals surface area contributed by atoms with E-state index in [0.717, 1.165) is 30.3 Å². The zero-order chi connectivity index (χ0) is 14.5. The summed E-state index contributed by atoms with van der Waals surface area (Å²) in [5.74, 6) is 1.88. The molecule has 0 aliphatic rings. The van der Waals surface area contributed by atoms with E-state index in [1.165, 1.54) is 11.1 Å². The lowest BCUT2D eigenvalue weighted by Crippen LogP contribution is -2.20. The third kappa shape index (κ3) is 3.26. The van der Waals surface area contributed by atoms with Crippen LogP contribution >= 0.6 is 0 Å². The van der Waals surface area contributed by atoms with Crippen molar-refractivity contribution in [2.75, 3.05) is 23.8 Å². The molecule has 2 aromatic rings. The molecule has 1 aromatic heterocycles. The van der Waals surface area contributed by atoms with Crippen molar-refractivity contribution in [1.29, 1.82) is 0 Å². The van der Waals surface area contributed by atoms with E-state index in [1.54, 1.807) is 6.33 Å². The van der Waals surface area contributed by atoms with Gasteiger partial charge in [-0.3, -0.25) is 0 Å². The van der Waals surface area contributed by atoms with Gasteiger partial charge < -0.3 is 10.2 Å². The normalized spacial score (nSPS) is 10.4. The number of aryl methyl sites for hydroxylation is 1. The Bertz CT molecular complexity index is 563. The maximum atomic E-state index is 4.41. The lowest BCUT2D eigenvalue weighted by Gasteiger charge is -2.21. The molecule has 1 N–H and O–H groups in total. The first kappa shape index (κ1) is 14.3. The number of hydrogen-bond donors (Lipinski definition) is 1. The molecule has 0 saturated heterocycles. The largest absolute Gasteiger partial charge is 0.370 e. The van der Waals surface area contributed by atoms with Crippen molar-refractivity contribution in [3.8, 4) is 0 Å². The van der Waals surface area contributed by atoms with Crippen LogP contribution in [0.25, 0.3) is 0 Å². The highest BCUT2D eigenvalue weighted by Gasteiger charge is 2.10. The first-order valence-corrected chi connectivity index (χ1v) is 6.94. The smallest absolute Gasteiger partial charge is 0.137 e. The fourth-order valence-corrected chi connectivity index (χ4v) is 2.21. The van der Waals surface area contributed by atoms with Crippen LogP contribution < -0.4 is 10.2 Å². The summed E-state index contributed by atoms with van der Waals surface area (Å²) in [6.45, 7) is 7.92. The van der Waals surface area contributed by atoms with Gasteiger partial charge in [0.05, 0.1) is 0 Å². The van der Waals surface area contributed by atoms with Crippen molar-refractivity contribution in [2.45, 2.75) is 27.3 Å². The average molecular weight is 270 g/mol. The van der Waals surface area contributed by atoms with Crippen LogP contribution in [0.3, 0.4) is 0 Å². The maximum Gasteiger partial charge on any atom is 0.137 e. The molecule has 1 aromatic carbocycles. The second kappa shape index (κ2) is 6.37. The Hall–Kier alpha value is -2.10. The highest BCUT2D eigenvalue weighted by Crippen LogP contribution is 2.22. The van der Waals surface area contributed by atoms with Gasteiger partial charge in [-0.25, -0.2) is 9.97 Å². The average Bonchev–Trinajstić information content (AvgIpc) is 2.44. The predicted molar refractivity (Wildman–Crippen MR) is 84.2 cm³/mol. The standard InChI is InChI=1S/C16H22N4/c1-5-17-15-13(3)16(19-11-18-15)20(4)10-14-8-6-12(2)7-9-14/h6-9,11H,5,10H2,1-4H3,(H,17,18,19). The first-order valence-electron chi connectivity index (χ1n) is 6.94. The second-order valence-corrected chi connectivity index (χ2v) is 5.04. The number of aromatic nitrogens is 2. The Labute approximate surface area is 120 Å². The van der Waals surface area contributed by atoms with Gasteiger partial charge in [0, 0.05) is 25.7 Å². The van der Waals surface area contributed by atoms with Crippen LogP contribution in [-0.4, -0.2) is 23.6 Å². The molecule has 4 heteroatoms. The Balaban J connectivity index is 2.18. The van der Waals surface area contributed by atoms with E-state index in [4.69, 9.17) is 0 Å². The van der Waals surface area contributed by atoms with Crippen molar-refractivity contribution in [3.63, 3.8) is 0 Å². The van der Waals surface area contributed by atoms with Gasteiger partial charge in [0.2, 0.25) is 0 Å². The molecule has 0 aliphatic heterocycles. The summed E-state index contributed by atoms with van der Waals surface area (Å²) in [5.41, 5.74) is 3.65. The number of nitrogens with zero attached hydrogens (tertiary/aromatic N) is 3. The van der Waals surface area contributed by atoms with Crippen molar-refractivity contribution in [3.05, 3.63) is 47.3 Å². The fourth-order valence-electron chi connectivity index (χ4n) is 2.21. The molecule has 0 fully saturated rings. The molecule has 0 aliphatic carbocycles. The molecule has 0 bridgehead atoms. The van der Waals surface area contributed by atoms with E-state index >= 15 is 0 Å². The lowest BCUT2D eigenvalue weighted by atomic mass is 10.1. The summed E-state index contributed by atoms with van der Waals surface area (Å²) in [4.78, 5) is 10.8. The highest BCUT2D eigenvalue weighted by molar-refractivity contribution is 5.57. The van der Waals surface area contributed by atoms with E-state index in [9.17, 15) is 0 Å². The van der Waals surface area contributed by atoms with Gasteiger partial charge in [0.25, 0.3) is 0 Å². The Morgan fingerprint density at radius 3 is 2.45 bits per heavy atom. The Morgan fingerprint density at radius 2 is 1.80 bits per heavy atom. The molecule has 1 heterocycles. The van der Waals surface area contributed by atoms with Crippen LogP contribution in [0.2, 0.25) is 0 Å². The van der Waals surface area contributed by atoms with Gasteiger partial charge in [0.1, 0.15) is 18.0 Å². The summed E-state index contributed by atoms with van der Waals surface area (Å²) in [5, 5.41) is 3.26. The van der Waals surface area contributed by atoms with E-state index in [2.05, 4.69) is 72.3 Å². The quantitative estimate of drug-likeness (QED) is 0.906. The molecule has 0 radical (unpaired) electrons. The molecule has 0 unspecified atom stereocenters. The molecular weight excluding hydrogens is 248 g/mol. The van der Waals surface area contributed by atoms with Crippen LogP contribution in [0.15, 0.2) is 30.6 Å². The van der Waals surface area contributed by atoms with Gasteiger partial charge in [-0.05, 0) is 26.3 Å². The van der Waals surface area contributed by atoms with E-state index in [0.29, 0.717) is 0 Å². The highest BCUT2D eigenvalue weighted by atomic mass is 15.2. The van der Waals surface area contributed by atoms with E-state index in [-0.39, 0.29) is 0 Å². The SMILES string of the molecule is CCNc1ncnc(N(C)Cc2ccc(C)cc2)c1C.